The Hall–Kier alpha value is -1.65. The third-order valence-corrected chi connectivity index (χ3v) is 4.45. The summed E-state index contributed by atoms with van der Waals surface area (Å²) in [6, 6.07) is 4.03. The van der Waals surface area contributed by atoms with Gasteiger partial charge < -0.3 is 20.9 Å². The van der Waals surface area contributed by atoms with E-state index in [2.05, 4.69) is 20.9 Å². The number of halogens is 3. The Morgan fingerprint density at radius 1 is 1.22 bits per heavy atom. The van der Waals surface area contributed by atoms with Gasteiger partial charge in [0, 0.05) is 37.8 Å². The van der Waals surface area contributed by atoms with Crippen molar-refractivity contribution in [3.63, 3.8) is 0 Å². The highest BCUT2D eigenvalue weighted by molar-refractivity contribution is 14.0. The first-order valence-electron chi connectivity index (χ1n) is 9.09. The minimum Gasteiger partial charge on any atom is -0.367 e. The second-order valence-electron chi connectivity index (χ2n) is 6.71. The summed E-state index contributed by atoms with van der Waals surface area (Å²) in [5.74, 6) is -0.634. The molecule has 2 fully saturated rings. The molecule has 0 spiro atoms. The Labute approximate surface area is 175 Å². The molecule has 1 unspecified atom stereocenters. The van der Waals surface area contributed by atoms with Crippen LogP contribution in [0.2, 0.25) is 0 Å². The molecule has 1 saturated heterocycles. The van der Waals surface area contributed by atoms with Crippen LogP contribution in [0.5, 0.6) is 0 Å². The molecule has 1 saturated carbocycles. The quantitative estimate of drug-likeness (QED) is 0.322. The molecule has 9 heteroatoms. The molecule has 1 amide bonds. The number of hydrogen-bond donors (Lipinski definition) is 3. The van der Waals surface area contributed by atoms with E-state index in [9.17, 15) is 13.6 Å². The monoisotopic (exact) mass is 493 g/mol. The van der Waals surface area contributed by atoms with Gasteiger partial charge in [-0.3, -0.25) is 4.79 Å². The molecule has 1 aromatic carbocycles. The largest absolute Gasteiger partial charge is 0.367 e. The number of nitrogens with zero attached hydrogens (tertiary/aromatic N) is 2. The fraction of sp³-hybridized carbons (Fsp3) is 0.556. The summed E-state index contributed by atoms with van der Waals surface area (Å²) < 4.78 is 27.0. The van der Waals surface area contributed by atoms with Crippen LogP contribution in [0.4, 0.5) is 14.5 Å². The predicted octanol–water partition coefficient (Wildman–Crippen LogP) is 2.00. The molecule has 150 valence electrons. The molecule has 3 N–H and O–H groups in total. The molecule has 3 rings (SSSR count). The number of carbonyl (C=O) groups excluding carboxylic acids is 1. The minimum atomic E-state index is -0.578. The van der Waals surface area contributed by atoms with E-state index in [1.54, 1.807) is 0 Å². The van der Waals surface area contributed by atoms with Crippen molar-refractivity contribution in [2.75, 3.05) is 31.1 Å². The Morgan fingerprint density at radius 2 is 2.00 bits per heavy atom. The molecule has 1 aliphatic carbocycles. The van der Waals surface area contributed by atoms with Crippen LogP contribution in [0.25, 0.3) is 0 Å². The topological polar surface area (TPSA) is 68.8 Å². The van der Waals surface area contributed by atoms with Crippen molar-refractivity contribution in [3.05, 3.63) is 29.8 Å². The molecule has 1 atom stereocenters. The number of guanidine groups is 1. The number of benzene rings is 1. The van der Waals surface area contributed by atoms with E-state index < -0.39 is 11.6 Å². The minimum absolute atomic E-state index is 0. The van der Waals surface area contributed by atoms with Crippen molar-refractivity contribution >= 4 is 41.5 Å². The van der Waals surface area contributed by atoms with Gasteiger partial charge in [-0.15, -0.1) is 24.0 Å². The van der Waals surface area contributed by atoms with Crippen molar-refractivity contribution < 1.29 is 13.6 Å². The summed E-state index contributed by atoms with van der Waals surface area (Å²) in [7, 11) is 0. The SMILES string of the molecule is CCNC(=NCC(=O)NC1CC1)NC1CCN(c2ccc(F)cc2F)C1.I. The van der Waals surface area contributed by atoms with Gasteiger partial charge in [-0.1, -0.05) is 0 Å². The van der Waals surface area contributed by atoms with Crippen molar-refractivity contribution in [2.24, 2.45) is 4.99 Å². The lowest BCUT2D eigenvalue weighted by molar-refractivity contribution is -0.119. The van der Waals surface area contributed by atoms with E-state index >= 15 is 0 Å². The van der Waals surface area contributed by atoms with Crippen LogP contribution < -0.4 is 20.9 Å². The van der Waals surface area contributed by atoms with E-state index in [1.165, 1.54) is 12.1 Å². The van der Waals surface area contributed by atoms with E-state index in [0.717, 1.165) is 25.3 Å². The number of amides is 1. The van der Waals surface area contributed by atoms with Crippen LogP contribution in [0, 0.1) is 11.6 Å². The van der Waals surface area contributed by atoms with Crippen LogP contribution in [0.15, 0.2) is 23.2 Å². The van der Waals surface area contributed by atoms with Gasteiger partial charge in [-0.05, 0) is 38.3 Å². The summed E-state index contributed by atoms with van der Waals surface area (Å²) in [4.78, 5) is 18.0. The number of anilines is 1. The van der Waals surface area contributed by atoms with Crippen molar-refractivity contribution in [3.8, 4) is 0 Å². The van der Waals surface area contributed by atoms with Gasteiger partial charge in [0.05, 0.1) is 5.69 Å². The zero-order valence-electron chi connectivity index (χ0n) is 15.3. The zero-order valence-corrected chi connectivity index (χ0v) is 17.6. The van der Waals surface area contributed by atoms with Crippen LogP contribution >= 0.6 is 24.0 Å². The Kier molecular flexibility index (Phi) is 8.06. The lowest BCUT2D eigenvalue weighted by Crippen LogP contribution is -2.45. The van der Waals surface area contributed by atoms with E-state index in [1.807, 2.05) is 11.8 Å². The molecule has 27 heavy (non-hydrogen) atoms. The Bertz CT molecular complexity index is 684. The van der Waals surface area contributed by atoms with Gasteiger partial charge in [0.15, 0.2) is 5.96 Å². The third-order valence-electron chi connectivity index (χ3n) is 4.45. The van der Waals surface area contributed by atoms with Crippen molar-refractivity contribution in [2.45, 2.75) is 38.3 Å². The molecule has 0 bridgehead atoms. The molecular weight excluding hydrogens is 467 g/mol. The number of carbonyl (C=O) groups is 1. The van der Waals surface area contributed by atoms with Gasteiger partial charge in [-0.25, -0.2) is 13.8 Å². The number of nitrogens with one attached hydrogen (secondary N) is 3. The summed E-state index contributed by atoms with van der Waals surface area (Å²) >= 11 is 0. The number of hydrogen-bond acceptors (Lipinski definition) is 3. The van der Waals surface area contributed by atoms with Gasteiger partial charge in [0.2, 0.25) is 5.91 Å². The fourth-order valence-electron chi connectivity index (χ4n) is 3.00. The van der Waals surface area contributed by atoms with Crippen molar-refractivity contribution in [1.82, 2.24) is 16.0 Å². The van der Waals surface area contributed by atoms with Crippen LogP contribution in [0.1, 0.15) is 26.2 Å². The summed E-state index contributed by atoms with van der Waals surface area (Å²) in [6.45, 7) is 3.97. The third kappa shape index (κ3) is 6.47. The number of aliphatic imine (C=N–C) groups is 1. The lowest BCUT2D eigenvalue weighted by Gasteiger charge is -2.21. The molecule has 1 aliphatic heterocycles. The van der Waals surface area contributed by atoms with Crippen LogP contribution in [-0.4, -0.2) is 50.1 Å². The summed E-state index contributed by atoms with van der Waals surface area (Å²) in [6.07, 6.45) is 2.90. The van der Waals surface area contributed by atoms with E-state index in [-0.39, 0.29) is 42.5 Å². The molecule has 1 aromatic rings. The normalized spacial score (nSPS) is 19.4. The highest BCUT2D eigenvalue weighted by Gasteiger charge is 2.26. The zero-order chi connectivity index (χ0) is 18.5. The number of rotatable bonds is 6. The smallest absolute Gasteiger partial charge is 0.242 e. The highest BCUT2D eigenvalue weighted by Crippen LogP contribution is 2.24. The van der Waals surface area contributed by atoms with E-state index in [4.69, 9.17) is 0 Å². The van der Waals surface area contributed by atoms with Gasteiger partial charge >= 0.3 is 0 Å². The first-order chi connectivity index (χ1) is 12.5. The standard InChI is InChI=1S/C18H25F2N5O.HI/c1-2-21-18(22-10-17(26)23-13-4-5-13)24-14-7-8-25(11-14)16-6-3-12(19)9-15(16)20;/h3,6,9,13-14H,2,4-5,7-8,10-11H2,1H3,(H,23,26)(H2,21,22,24);1H. The maximum atomic E-state index is 13.9. The lowest BCUT2D eigenvalue weighted by atomic mass is 10.2. The summed E-state index contributed by atoms with van der Waals surface area (Å²) in [5, 5.41) is 9.32. The molecule has 2 aliphatic rings. The second-order valence-corrected chi connectivity index (χ2v) is 6.71. The molecule has 1 heterocycles. The van der Waals surface area contributed by atoms with Crippen molar-refractivity contribution in [1.29, 1.82) is 0 Å². The van der Waals surface area contributed by atoms with Gasteiger partial charge in [-0.2, -0.15) is 0 Å². The first-order valence-corrected chi connectivity index (χ1v) is 9.09. The highest BCUT2D eigenvalue weighted by atomic mass is 127. The van der Waals surface area contributed by atoms with Crippen LogP contribution in [0.3, 0.4) is 0 Å². The maximum Gasteiger partial charge on any atom is 0.242 e. The average molecular weight is 493 g/mol. The second kappa shape index (κ2) is 10.0. The molecule has 0 aromatic heterocycles. The average Bonchev–Trinajstić information content (AvgIpc) is 3.29. The summed E-state index contributed by atoms with van der Waals surface area (Å²) in [5.41, 5.74) is 0.404. The molecule has 0 radical (unpaired) electrons. The fourth-order valence-corrected chi connectivity index (χ4v) is 3.00. The predicted molar refractivity (Wildman–Crippen MR) is 113 cm³/mol. The first kappa shape index (κ1) is 21.6. The molecular formula is C18H26F2IN5O. The maximum absolute atomic E-state index is 13.9. The van der Waals surface area contributed by atoms with Gasteiger partial charge in [0.25, 0.3) is 0 Å². The van der Waals surface area contributed by atoms with E-state index in [0.29, 0.717) is 37.3 Å². The van der Waals surface area contributed by atoms with Gasteiger partial charge in [0.1, 0.15) is 18.2 Å². The van der Waals surface area contributed by atoms with Crippen LogP contribution in [-0.2, 0) is 4.79 Å². The Morgan fingerprint density at radius 3 is 2.67 bits per heavy atom. The molecule has 6 nitrogen and oxygen atoms in total. The Balaban J connectivity index is 0.00000261.